The van der Waals surface area contributed by atoms with E-state index in [0.29, 0.717) is 12.1 Å². The molecule has 0 radical (unpaired) electrons. The highest BCUT2D eigenvalue weighted by molar-refractivity contribution is 9.10. The molecule has 0 aromatic carbocycles. The van der Waals surface area contributed by atoms with Crippen LogP contribution in [-0.4, -0.2) is 35.8 Å². The van der Waals surface area contributed by atoms with Crippen LogP contribution in [-0.2, 0) is 4.74 Å². The Balaban J connectivity index is 1.81. The number of nitrogens with zero attached hydrogens (tertiary/aromatic N) is 2. The molecule has 1 aliphatic heterocycles. The van der Waals surface area contributed by atoms with E-state index in [4.69, 9.17) is 4.74 Å². The quantitative estimate of drug-likeness (QED) is 0.794. The Labute approximate surface area is 129 Å². The van der Waals surface area contributed by atoms with Crippen LogP contribution in [0.5, 0.6) is 0 Å². The molecule has 2 rings (SSSR count). The molecule has 0 saturated carbocycles. The molecule has 1 aliphatic rings. The van der Waals surface area contributed by atoms with E-state index in [1.165, 1.54) is 19.3 Å². The van der Waals surface area contributed by atoms with Gasteiger partial charge in [0.1, 0.15) is 5.82 Å². The Hall–Kier alpha value is -0.880. The molecule has 0 amide bonds. The van der Waals surface area contributed by atoms with Gasteiger partial charge in [-0.05, 0) is 48.0 Å². The van der Waals surface area contributed by atoms with Crippen molar-refractivity contribution in [2.75, 3.05) is 30.3 Å². The predicted molar refractivity (Wildman–Crippen MR) is 85.2 cm³/mol. The Morgan fingerprint density at radius 3 is 3.00 bits per heavy atom. The number of hydrogen-bond acceptors (Lipinski definition) is 5. The fraction of sp³-hybridized carbons (Fsp3) is 0.714. The maximum atomic E-state index is 5.73. The second-order valence-corrected chi connectivity index (χ2v) is 5.88. The first kappa shape index (κ1) is 15.5. The molecule has 2 N–H and O–H groups in total. The van der Waals surface area contributed by atoms with E-state index < -0.39 is 0 Å². The van der Waals surface area contributed by atoms with Crippen LogP contribution in [0.4, 0.5) is 11.8 Å². The summed E-state index contributed by atoms with van der Waals surface area (Å²) < 4.78 is 6.62. The summed E-state index contributed by atoms with van der Waals surface area (Å²) in [4.78, 5) is 8.71. The zero-order valence-electron chi connectivity index (χ0n) is 12.0. The molecule has 112 valence electrons. The van der Waals surface area contributed by atoms with Crippen molar-refractivity contribution in [1.29, 1.82) is 0 Å². The van der Waals surface area contributed by atoms with Gasteiger partial charge < -0.3 is 15.4 Å². The van der Waals surface area contributed by atoms with Crippen molar-refractivity contribution >= 4 is 27.7 Å². The Morgan fingerprint density at radius 1 is 1.35 bits per heavy atom. The molecule has 5 nitrogen and oxygen atoms in total. The maximum absolute atomic E-state index is 5.73. The summed E-state index contributed by atoms with van der Waals surface area (Å²) in [5.41, 5.74) is 0. The molecule has 0 aliphatic carbocycles. The summed E-state index contributed by atoms with van der Waals surface area (Å²) in [5, 5.41) is 6.55. The minimum Gasteiger partial charge on any atom is -0.378 e. The van der Waals surface area contributed by atoms with Crippen LogP contribution in [0.1, 0.15) is 39.0 Å². The predicted octanol–water partition coefficient (Wildman–Crippen LogP) is 3.43. The van der Waals surface area contributed by atoms with Crippen molar-refractivity contribution in [3.05, 3.63) is 10.7 Å². The van der Waals surface area contributed by atoms with Gasteiger partial charge in [-0.1, -0.05) is 6.92 Å². The largest absolute Gasteiger partial charge is 0.378 e. The minimum atomic E-state index is 0.398. The lowest BCUT2D eigenvalue weighted by atomic mass is 10.1. The third-order valence-electron chi connectivity index (χ3n) is 3.31. The van der Waals surface area contributed by atoms with Gasteiger partial charge in [0.25, 0.3) is 0 Å². The molecule has 0 spiro atoms. The summed E-state index contributed by atoms with van der Waals surface area (Å²) >= 11 is 3.48. The van der Waals surface area contributed by atoms with Crippen molar-refractivity contribution in [3.63, 3.8) is 0 Å². The average molecular weight is 343 g/mol. The summed E-state index contributed by atoms with van der Waals surface area (Å²) in [6.45, 7) is 4.78. The normalized spacial score (nSPS) is 18.8. The van der Waals surface area contributed by atoms with Crippen molar-refractivity contribution < 1.29 is 4.74 Å². The van der Waals surface area contributed by atoms with E-state index in [9.17, 15) is 0 Å². The van der Waals surface area contributed by atoms with Gasteiger partial charge in [-0.3, -0.25) is 0 Å². The minimum absolute atomic E-state index is 0.398. The van der Waals surface area contributed by atoms with Crippen LogP contribution in [0.15, 0.2) is 10.7 Å². The molecule has 1 atom stereocenters. The first-order valence-corrected chi connectivity index (χ1v) is 8.20. The molecule has 1 unspecified atom stereocenters. The van der Waals surface area contributed by atoms with Gasteiger partial charge in [0.05, 0.1) is 10.6 Å². The lowest BCUT2D eigenvalue weighted by Crippen LogP contribution is -2.22. The van der Waals surface area contributed by atoms with Gasteiger partial charge in [0.2, 0.25) is 5.95 Å². The van der Waals surface area contributed by atoms with E-state index >= 15 is 0 Å². The molecule has 1 saturated heterocycles. The third kappa shape index (κ3) is 4.90. The molecule has 1 fully saturated rings. The SMILES string of the molecule is CCCNc1ncc(Br)c(NCCC2CCCCO2)n1. The fourth-order valence-electron chi connectivity index (χ4n) is 2.20. The Kier molecular flexibility index (Phi) is 6.53. The topological polar surface area (TPSA) is 59.1 Å². The lowest BCUT2D eigenvalue weighted by molar-refractivity contribution is 0.0134. The van der Waals surface area contributed by atoms with Gasteiger partial charge >= 0.3 is 0 Å². The fourth-order valence-corrected chi connectivity index (χ4v) is 2.53. The van der Waals surface area contributed by atoms with Crippen LogP contribution in [0.25, 0.3) is 0 Å². The molecule has 20 heavy (non-hydrogen) atoms. The number of nitrogens with one attached hydrogen (secondary N) is 2. The first-order chi connectivity index (χ1) is 9.79. The second-order valence-electron chi connectivity index (χ2n) is 5.02. The molecule has 2 heterocycles. The molecule has 1 aromatic heterocycles. The molecular formula is C14H23BrN4O. The summed E-state index contributed by atoms with van der Waals surface area (Å²) in [6, 6.07) is 0. The smallest absolute Gasteiger partial charge is 0.224 e. The van der Waals surface area contributed by atoms with Crippen molar-refractivity contribution in [3.8, 4) is 0 Å². The zero-order valence-corrected chi connectivity index (χ0v) is 13.6. The zero-order chi connectivity index (χ0) is 14.2. The van der Waals surface area contributed by atoms with Gasteiger partial charge in [0.15, 0.2) is 0 Å². The van der Waals surface area contributed by atoms with Gasteiger partial charge in [-0.2, -0.15) is 4.98 Å². The van der Waals surface area contributed by atoms with Gasteiger partial charge in [-0.15, -0.1) is 0 Å². The summed E-state index contributed by atoms with van der Waals surface area (Å²) in [6.07, 6.45) is 7.92. The monoisotopic (exact) mass is 342 g/mol. The van der Waals surface area contributed by atoms with E-state index in [-0.39, 0.29) is 0 Å². The second kappa shape index (κ2) is 8.42. The Bertz CT molecular complexity index is 410. The highest BCUT2D eigenvalue weighted by Crippen LogP contribution is 2.21. The number of hydrogen-bond donors (Lipinski definition) is 2. The highest BCUT2D eigenvalue weighted by atomic mass is 79.9. The third-order valence-corrected chi connectivity index (χ3v) is 3.89. The lowest BCUT2D eigenvalue weighted by Gasteiger charge is -2.22. The Morgan fingerprint density at radius 2 is 2.25 bits per heavy atom. The number of anilines is 2. The van der Waals surface area contributed by atoms with E-state index in [1.807, 2.05) is 0 Å². The number of aromatic nitrogens is 2. The van der Waals surface area contributed by atoms with Crippen LogP contribution in [0.2, 0.25) is 0 Å². The van der Waals surface area contributed by atoms with E-state index in [1.54, 1.807) is 6.20 Å². The van der Waals surface area contributed by atoms with Crippen molar-refractivity contribution in [1.82, 2.24) is 9.97 Å². The number of ether oxygens (including phenoxy) is 1. The summed E-state index contributed by atoms with van der Waals surface area (Å²) in [5.74, 6) is 1.51. The van der Waals surface area contributed by atoms with Crippen LogP contribution >= 0.6 is 15.9 Å². The van der Waals surface area contributed by atoms with Crippen LogP contribution in [0.3, 0.4) is 0 Å². The first-order valence-electron chi connectivity index (χ1n) is 7.41. The highest BCUT2D eigenvalue weighted by Gasteiger charge is 2.13. The van der Waals surface area contributed by atoms with Crippen molar-refractivity contribution in [2.45, 2.75) is 45.1 Å². The molecule has 0 bridgehead atoms. The number of halogens is 1. The van der Waals surface area contributed by atoms with E-state index in [0.717, 1.165) is 42.8 Å². The average Bonchev–Trinajstić information content (AvgIpc) is 2.49. The summed E-state index contributed by atoms with van der Waals surface area (Å²) in [7, 11) is 0. The molecular weight excluding hydrogens is 320 g/mol. The van der Waals surface area contributed by atoms with Crippen LogP contribution < -0.4 is 10.6 Å². The van der Waals surface area contributed by atoms with Crippen LogP contribution in [0, 0.1) is 0 Å². The molecule has 6 heteroatoms. The van der Waals surface area contributed by atoms with E-state index in [2.05, 4.69) is 43.5 Å². The van der Waals surface area contributed by atoms with Crippen molar-refractivity contribution in [2.24, 2.45) is 0 Å². The number of rotatable bonds is 7. The standard InChI is InChI=1S/C14H23BrN4O/c1-2-7-17-14-18-10-12(15)13(19-14)16-8-6-11-5-3-4-9-20-11/h10-11H,2-9H2,1H3,(H2,16,17,18,19). The van der Waals surface area contributed by atoms with Gasteiger partial charge in [-0.25, -0.2) is 4.98 Å². The van der Waals surface area contributed by atoms with Gasteiger partial charge in [0, 0.05) is 25.9 Å². The molecule has 1 aromatic rings. The maximum Gasteiger partial charge on any atom is 0.224 e.